The monoisotopic (exact) mass is 462 g/mol. The maximum Gasteiger partial charge on any atom is 0.227 e. The molecule has 0 spiro atoms. The Labute approximate surface area is 198 Å². The summed E-state index contributed by atoms with van der Waals surface area (Å²) in [5.41, 5.74) is 4.32. The van der Waals surface area contributed by atoms with Crippen molar-refractivity contribution < 1.29 is 4.79 Å². The molecule has 1 unspecified atom stereocenters. The van der Waals surface area contributed by atoms with Crippen LogP contribution in [0, 0.1) is 11.8 Å². The first-order chi connectivity index (χ1) is 16.1. The summed E-state index contributed by atoms with van der Waals surface area (Å²) >= 11 is 6.45. The van der Waals surface area contributed by atoms with Gasteiger partial charge >= 0.3 is 0 Å². The maximum absolute atomic E-state index is 12.5. The van der Waals surface area contributed by atoms with Crippen LogP contribution in [0.2, 0.25) is 5.02 Å². The molecule has 1 saturated heterocycles. The van der Waals surface area contributed by atoms with Crippen molar-refractivity contribution in [3.63, 3.8) is 0 Å². The highest BCUT2D eigenvalue weighted by Gasteiger charge is 2.34. The van der Waals surface area contributed by atoms with Crippen molar-refractivity contribution in [3.05, 3.63) is 59.5 Å². The second-order valence-electron chi connectivity index (χ2n) is 8.94. The Kier molecular flexibility index (Phi) is 6.24. The van der Waals surface area contributed by atoms with E-state index in [-0.39, 0.29) is 11.8 Å². The summed E-state index contributed by atoms with van der Waals surface area (Å²) in [6, 6.07) is 10.2. The van der Waals surface area contributed by atoms with Gasteiger partial charge in [0.25, 0.3) is 0 Å². The summed E-state index contributed by atoms with van der Waals surface area (Å²) in [5, 5.41) is 9.95. The topological polar surface area (TPSA) is 91.8 Å². The molecule has 1 amide bonds. The average molecular weight is 463 g/mol. The summed E-state index contributed by atoms with van der Waals surface area (Å²) in [4.78, 5) is 25.8. The quantitative estimate of drug-likeness (QED) is 0.477. The van der Waals surface area contributed by atoms with Crippen LogP contribution in [0.25, 0.3) is 11.3 Å². The fourth-order valence-corrected chi connectivity index (χ4v) is 4.57. The summed E-state index contributed by atoms with van der Waals surface area (Å²) in [6.45, 7) is 4.02. The normalized spacial score (nSPS) is 20.3. The van der Waals surface area contributed by atoms with Crippen molar-refractivity contribution in [1.29, 1.82) is 0 Å². The Morgan fingerprint density at radius 1 is 1.12 bits per heavy atom. The molecule has 1 aliphatic carbocycles. The zero-order valence-corrected chi connectivity index (χ0v) is 19.3. The minimum atomic E-state index is 0.0272. The predicted molar refractivity (Wildman–Crippen MR) is 131 cm³/mol. The molecule has 7 nitrogen and oxygen atoms in total. The molecule has 3 heterocycles. The molecule has 33 heavy (non-hydrogen) atoms. The van der Waals surface area contributed by atoms with E-state index in [4.69, 9.17) is 11.6 Å². The number of anilines is 3. The second-order valence-corrected chi connectivity index (χ2v) is 9.34. The molecule has 2 fully saturated rings. The van der Waals surface area contributed by atoms with E-state index >= 15 is 0 Å². The number of nitrogens with zero attached hydrogens (tertiary/aromatic N) is 3. The fourth-order valence-electron chi connectivity index (χ4n) is 4.37. The van der Waals surface area contributed by atoms with E-state index in [1.165, 1.54) is 12.0 Å². The van der Waals surface area contributed by atoms with Gasteiger partial charge in [-0.1, -0.05) is 36.7 Å². The van der Waals surface area contributed by atoms with Gasteiger partial charge in [0.2, 0.25) is 11.9 Å². The number of nitrogens with one attached hydrogen (secondary N) is 3. The number of benzene rings is 1. The average Bonchev–Trinajstić information content (AvgIpc) is 3.58. The molecule has 8 heteroatoms. The molecule has 0 radical (unpaired) electrons. The lowest BCUT2D eigenvalue weighted by molar-refractivity contribution is -0.120. The number of hydrogen-bond acceptors (Lipinski definition) is 6. The Bertz CT molecular complexity index is 1160. The van der Waals surface area contributed by atoms with Crippen LogP contribution in [-0.2, 0) is 4.79 Å². The SMILES string of the molecule is C[C@@H]1CC1c1cccc(-c2nc(Nc3cncc(NC(=O)C4CCNCC4)c3)ncc2Cl)c1. The zero-order valence-electron chi connectivity index (χ0n) is 18.5. The molecule has 2 aromatic heterocycles. The largest absolute Gasteiger partial charge is 0.324 e. The van der Waals surface area contributed by atoms with Gasteiger partial charge in [-0.05, 0) is 61.9 Å². The smallest absolute Gasteiger partial charge is 0.227 e. The number of hydrogen-bond donors (Lipinski definition) is 3. The highest BCUT2D eigenvalue weighted by molar-refractivity contribution is 6.32. The fraction of sp³-hybridized carbons (Fsp3) is 0.360. The highest BCUT2D eigenvalue weighted by atomic mass is 35.5. The molecule has 2 aliphatic rings. The van der Waals surface area contributed by atoms with E-state index in [1.54, 1.807) is 18.6 Å². The highest BCUT2D eigenvalue weighted by Crippen LogP contribution is 2.47. The lowest BCUT2D eigenvalue weighted by Gasteiger charge is -2.21. The Morgan fingerprint density at radius 2 is 1.91 bits per heavy atom. The molecule has 1 aromatic carbocycles. The van der Waals surface area contributed by atoms with Crippen LogP contribution in [0.3, 0.4) is 0 Å². The van der Waals surface area contributed by atoms with E-state index in [2.05, 4.69) is 56.0 Å². The number of aromatic nitrogens is 3. The third-order valence-electron chi connectivity index (χ3n) is 6.41. The zero-order chi connectivity index (χ0) is 22.8. The molecule has 1 saturated carbocycles. The van der Waals surface area contributed by atoms with Gasteiger partial charge in [0.15, 0.2) is 0 Å². The van der Waals surface area contributed by atoms with Gasteiger partial charge in [-0.15, -0.1) is 0 Å². The molecule has 5 rings (SSSR count). The lowest BCUT2D eigenvalue weighted by Crippen LogP contribution is -2.34. The van der Waals surface area contributed by atoms with Crippen LogP contribution < -0.4 is 16.0 Å². The van der Waals surface area contributed by atoms with Crippen LogP contribution in [0.4, 0.5) is 17.3 Å². The van der Waals surface area contributed by atoms with Crippen LogP contribution in [0.1, 0.15) is 37.7 Å². The Morgan fingerprint density at radius 3 is 2.70 bits per heavy atom. The third-order valence-corrected chi connectivity index (χ3v) is 6.69. The first-order valence-electron chi connectivity index (χ1n) is 11.4. The van der Waals surface area contributed by atoms with Gasteiger partial charge < -0.3 is 16.0 Å². The Balaban J connectivity index is 1.32. The summed E-state index contributed by atoms with van der Waals surface area (Å²) < 4.78 is 0. The van der Waals surface area contributed by atoms with Crippen molar-refractivity contribution in [3.8, 4) is 11.3 Å². The lowest BCUT2D eigenvalue weighted by atomic mass is 9.97. The van der Waals surface area contributed by atoms with Crippen molar-refractivity contribution >= 4 is 34.8 Å². The summed E-state index contributed by atoms with van der Waals surface area (Å²) in [7, 11) is 0. The number of rotatable bonds is 6. The first-order valence-corrected chi connectivity index (χ1v) is 11.8. The first kappa shape index (κ1) is 21.8. The molecule has 170 valence electrons. The van der Waals surface area contributed by atoms with Gasteiger partial charge in [0, 0.05) is 11.5 Å². The third kappa shape index (κ3) is 5.15. The van der Waals surface area contributed by atoms with Crippen LogP contribution >= 0.6 is 11.6 Å². The molecule has 3 N–H and O–H groups in total. The number of amides is 1. The molecule has 2 atom stereocenters. The van der Waals surface area contributed by atoms with E-state index in [9.17, 15) is 4.79 Å². The molecule has 1 aliphatic heterocycles. The minimum absolute atomic E-state index is 0.0272. The van der Waals surface area contributed by atoms with E-state index in [0.717, 1.165) is 37.4 Å². The van der Waals surface area contributed by atoms with E-state index in [0.29, 0.717) is 34.0 Å². The van der Waals surface area contributed by atoms with Crippen molar-refractivity contribution in [2.45, 2.75) is 32.1 Å². The molecule has 3 aromatic rings. The summed E-state index contributed by atoms with van der Waals surface area (Å²) in [5.74, 6) is 1.83. The van der Waals surface area contributed by atoms with Crippen molar-refractivity contribution in [2.24, 2.45) is 11.8 Å². The van der Waals surface area contributed by atoms with Gasteiger partial charge in [0.05, 0.1) is 40.7 Å². The molecular weight excluding hydrogens is 436 g/mol. The maximum atomic E-state index is 12.5. The Hall–Kier alpha value is -3.03. The molecule has 0 bridgehead atoms. The van der Waals surface area contributed by atoms with E-state index in [1.807, 2.05) is 12.1 Å². The number of halogens is 1. The van der Waals surface area contributed by atoms with Gasteiger partial charge in [-0.25, -0.2) is 9.97 Å². The van der Waals surface area contributed by atoms with Crippen LogP contribution in [-0.4, -0.2) is 33.9 Å². The number of carbonyl (C=O) groups is 1. The van der Waals surface area contributed by atoms with Gasteiger partial charge in [-0.3, -0.25) is 9.78 Å². The molecular formula is C25H27ClN6O. The van der Waals surface area contributed by atoms with Crippen LogP contribution in [0.5, 0.6) is 0 Å². The van der Waals surface area contributed by atoms with Crippen molar-refractivity contribution in [1.82, 2.24) is 20.3 Å². The van der Waals surface area contributed by atoms with Crippen LogP contribution in [0.15, 0.2) is 48.9 Å². The minimum Gasteiger partial charge on any atom is -0.324 e. The number of piperidine rings is 1. The predicted octanol–water partition coefficient (Wildman–Crippen LogP) is 5.00. The second kappa shape index (κ2) is 9.45. The summed E-state index contributed by atoms with van der Waals surface area (Å²) in [6.07, 6.45) is 7.84. The standard InChI is InChI=1S/C25H27ClN6O/c1-15-9-21(15)17-3-2-4-18(10-17)23-22(26)14-29-25(32-23)31-20-11-19(12-28-13-20)30-24(33)16-5-7-27-8-6-16/h2-4,10-16,21,27H,5-9H2,1H3,(H,30,33)(H,29,31,32)/t15-,21?/m1/s1. The van der Waals surface area contributed by atoms with E-state index < -0.39 is 0 Å². The number of pyridine rings is 1. The van der Waals surface area contributed by atoms with Gasteiger partial charge in [-0.2, -0.15) is 0 Å². The van der Waals surface area contributed by atoms with Gasteiger partial charge in [0.1, 0.15) is 0 Å². The number of carbonyl (C=O) groups excluding carboxylic acids is 1. The van der Waals surface area contributed by atoms with Crippen molar-refractivity contribution in [2.75, 3.05) is 23.7 Å².